The van der Waals surface area contributed by atoms with Crippen molar-refractivity contribution in [3.8, 4) is 11.1 Å². The number of hydrogen-bond donors (Lipinski definition) is 1. The Morgan fingerprint density at radius 2 is 1.93 bits per heavy atom. The topological polar surface area (TPSA) is 57.6 Å². The normalized spacial score (nSPS) is 15.6. The lowest BCUT2D eigenvalue weighted by atomic mass is 10.0. The summed E-state index contributed by atoms with van der Waals surface area (Å²) in [4.78, 5) is 25.2. The second-order valence-corrected chi connectivity index (χ2v) is 8.00. The highest BCUT2D eigenvalue weighted by Crippen LogP contribution is 2.33. The minimum Gasteiger partial charge on any atom is -0.481 e. The van der Waals surface area contributed by atoms with E-state index in [-0.39, 0.29) is 12.3 Å². The fourth-order valence-corrected chi connectivity index (χ4v) is 4.14. The summed E-state index contributed by atoms with van der Waals surface area (Å²) in [5.41, 5.74) is 4.42. The zero-order valence-corrected chi connectivity index (χ0v) is 16.5. The standard InChI is InChI=1S/C21H19NO3S2/c1-14-4-2-5-17(12-14)16-9-7-15(8-10-16)13-18-20(25)22(21(26)27-18)11-3-6-19(23)24/h2,4-5,7-10,12-13H,3,6,11H2,1H3,(H,23,24)/b18-13-. The number of rotatable bonds is 6. The fraction of sp³-hybridized carbons (Fsp3) is 0.190. The molecule has 1 aliphatic heterocycles. The van der Waals surface area contributed by atoms with Gasteiger partial charge in [0.2, 0.25) is 0 Å². The van der Waals surface area contributed by atoms with Crippen LogP contribution in [0, 0.1) is 6.92 Å². The minimum atomic E-state index is -0.871. The number of carboxylic acids is 1. The van der Waals surface area contributed by atoms with Crippen LogP contribution in [0.25, 0.3) is 17.2 Å². The van der Waals surface area contributed by atoms with E-state index < -0.39 is 5.97 Å². The van der Waals surface area contributed by atoms with E-state index in [1.807, 2.05) is 36.4 Å². The summed E-state index contributed by atoms with van der Waals surface area (Å²) in [6, 6.07) is 16.3. The van der Waals surface area contributed by atoms with E-state index in [0.717, 1.165) is 16.7 Å². The Morgan fingerprint density at radius 1 is 1.19 bits per heavy atom. The molecule has 0 bridgehead atoms. The molecule has 0 atom stereocenters. The average molecular weight is 398 g/mol. The van der Waals surface area contributed by atoms with Crippen molar-refractivity contribution in [2.24, 2.45) is 0 Å². The quantitative estimate of drug-likeness (QED) is 0.564. The third kappa shape index (κ3) is 4.84. The first-order valence-electron chi connectivity index (χ1n) is 8.58. The van der Waals surface area contributed by atoms with Gasteiger partial charge in [-0.1, -0.05) is 78.1 Å². The lowest BCUT2D eigenvalue weighted by Crippen LogP contribution is -2.29. The summed E-state index contributed by atoms with van der Waals surface area (Å²) in [5.74, 6) is -1.03. The predicted molar refractivity (Wildman–Crippen MR) is 113 cm³/mol. The molecule has 0 radical (unpaired) electrons. The van der Waals surface area contributed by atoms with E-state index in [4.69, 9.17) is 17.3 Å². The van der Waals surface area contributed by atoms with E-state index in [1.165, 1.54) is 22.2 Å². The Hall–Kier alpha value is -2.44. The summed E-state index contributed by atoms with van der Waals surface area (Å²) < 4.78 is 0.480. The third-order valence-electron chi connectivity index (χ3n) is 4.21. The number of nitrogens with zero attached hydrogens (tertiary/aromatic N) is 1. The Morgan fingerprint density at radius 3 is 2.59 bits per heavy atom. The lowest BCUT2D eigenvalue weighted by molar-refractivity contribution is -0.137. The van der Waals surface area contributed by atoms with Crippen LogP contribution < -0.4 is 0 Å². The molecule has 0 saturated carbocycles. The van der Waals surface area contributed by atoms with E-state index >= 15 is 0 Å². The molecule has 2 aromatic carbocycles. The number of aliphatic carboxylic acids is 1. The van der Waals surface area contributed by atoms with Crippen LogP contribution in [0.4, 0.5) is 0 Å². The zero-order valence-electron chi connectivity index (χ0n) is 14.8. The molecular weight excluding hydrogens is 378 g/mol. The van der Waals surface area contributed by atoms with Gasteiger partial charge in [-0.3, -0.25) is 14.5 Å². The molecule has 0 aliphatic carbocycles. The van der Waals surface area contributed by atoms with Crippen LogP contribution in [-0.4, -0.2) is 32.7 Å². The first-order valence-corrected chi connectivity index (χ1v) is 9.81. The van der Waals surface area contributed by atoms with Crippen LogP contribution in [0.15, 0.2) is 53.4 Å². The molecule has 1 aliphatic rings. The molecule has 27 heavy (non-hydrogen) atoms. The highest BCUT2D eigenvalue weighted by molar-refractivity contribution is 8.26. The molecular formula is C21H19NO3S2. The van der Waals surface area contributed by atoms with Crippen molar-refractivity contribution < 1.29 is 14.7 Å². The van der Waals surface area contributed by atoms with Crippen LogP contribution in [0.3, 0.4) is 0 Å². The van der Waals surface area contributed by atoms with Gasteiger partial charge in [0.25, 0.3) is 5.91 Å². The second-order valence-electron chi connectivity index (χ2n) is 6.32. The monoisotopic (exact) mass is 397 g/mol. The second kappa shape index (κ2) is 8.50. The number of hydrogen-bond acceptors (Lipinski definition) is 4. The van der Waals surface area contributed by atoms with Crippen molar-refractivity contribution in [1.82, 2.24) is 4.90 Å². The number of aryl methyl sites for hydroxylation is 1. The van der Waals surface area contributed by atoms with Gasteiger partial charge in [0, 0.05) is 13.0 Å². The molecule has 138 valence electrons. The molecule has 6 heteroatoms. The molecule has 2 aromatic rings. The molecule has 4 nitrogen and oxygen atoms in total. The predicted octanol–water partition coefficient (Wildman–Crippen LogP) is 4.73. The Bertz CT molecular complexity index is 919. The van der Waals surface area contributed by atoms with Crippen LogP contribution in [0.1, 0.15) is 24.0 Å². The molecule has 0 unspecified atom stereocenters. The summed E-state index contributed by atoms with van der Waals surface area (Å²) in [7, 11) is 0. The maximum atomic E-state index is 12.5. The SMILES string of the molecule is Cc1cccc(-c2ccc(/C=C3\SC(=S)N(CCCC(=O)O)C3=O)cc2)c1. The van der Waals surface area contributed by atoms with Gasteiger partial charge >= 0.3 is 5.97 Å². The number of carboxylic acid groups (broad SMARTS) is 1. The van der Waals surface area contributed by atoms with Gasteiger partial charge < -0.3 is 5.11 Å². The number of thiocarbonyl (C=S) groups is 1. The minimum absolute atomic E-state index is 0.0243. The van der Waals surface area contributed by atoms with Gasteiger partial charge in [0.05, 0.1) is 4.91 Å². The van der Waals surface area contributed by atoms with E-state index in [0.29, 0.717) is 22.2 Å². The van der Waals surface area contributed by atoms with Crippen LogP contribution >= 0.6 is 24.0 Å². The molecule has 0 spiro atoms. The molecule has 0 aromatic heterocycles. The van der Waals surface area contributed by atoms with Crippen molar-refractivity contribution in [1.29, 1.82) is 0 Å². The number of amides is 1. The van der Waals surface area contributed by atoms with Crippen molar-refractivity contribution in [2.45, 2.75) is 19.8 Å². The smallest absolute Gasteiger partial charge is 0.303 e. The number of benzene rings is 2. The Labute approximate surface area is 167 Å². The molecule has 1 saturated heterocycles. The van der Waals surface area contributed by atoms with Gasteiger partial charge in [-0.15, -0.1) is 0 Å². The first kappa shape index (κ1) is 19.3. The van der Waals surface area contributed by atoms with Crippen LogP contribution in [-0.2, 0) is 9.59 Å². The van der Waals surface area contributed by atoms with Gasteiger partial charge in [-0.2, -0.15) is 0 Å². The molecule has 1 amide bonds. The molecule has 3 rings (SSSR count). The summed E-state index contributed by atoms with van der Waals surface area (Å²) in [6.45, 7) is 2.40. The maximum Gasteiger partial charge on any atom is 0.303 e. The van der Waals surface area contributed by atoms with Crippen molar-refractivity contribution in [3.63, 3.8) is 0 Å². The summed E-state index contributed by atoms with van der Waals surface area (Å²) in [5, 5.41) is 8.73. The Balaban J connectivity index is 1.72. The Kier molecular flexibility index (Phi) is 6.08. The largest absolute Gasteiger partial charge is 0.481 e. The van der Waals surface area contributed by atoms with Gasteiger partial charge in [0.1, 0.15) is 4.32 Å². The molecule has 1 N–H and O–H groups in total. The molecule has 1 heterocycles. The average Bonchev–Trinajstić information content (AvgIpc) is 2.89. The zero-order chi connectivity index (χ0) is 19.4. The van der Waals surface area contributed by atoms with Crippen molar-refractivity contribution >= 4 is 46.3 Å². The number of thioether (sulfide) groups is 1. The van der Waals surface area contributed by atoms with Gasteiger partial charge in [-0.05, 0) is 36.1 Å². The van der Waals surface area contributed by atoms with Crippen LogP contribution in [0.5, 0.6) is 0 Å². The number of carbonyl (C=O) groups is 2. The van der Waals surface area contributed by atoms with E-state index in [1.54, 1.807) is 0 Å². The third-order valence-corrected chi connectivity index (χ3v) is 5.58. The first-order chi connectivity index (χ1) is 12.9. The fourth-order valence-electron chi connectivity index (χ4n) is 2.83. The van der Waals surface area contributed by atoms with Crippen molar-refractivity contribution in [2.75, 3.05) is 6.54 Å². The maximum absolute atomic E-state index is 12.5. The van der Waals surface area contributed by atoms with Crippen LogP contribution in [0.2, 0.25) is 0 Å². The molecule has 1 fully saturated rings. The van der Waals surface area contributed by atoms with E-state index in [2.05, 4.69) is 25.1 Å². The van der Waals surface area contributed by atoms with Crippen molar-refractivity contribution in [3.05, 3.63) is 64.6 Å². The highest BCUT2D eigenvalue weighted by atomic mass is 32.2. The van der Waals surface area contributed by atoms with Gasteiger partial charge in [0.15, 0.2) is 0 Å². The summed E-state index contributed by atoms with van der Waals surface area (Å²) >= 11 is 6.53. The lowest BCUT2D eigenvalue weighted by Gasteiger charge is -2.13. The number of carbonyl (C=O) groups excluding carboxylic acids is 1. The summed E-state index contributed by atoms with van der Waals surface area (Å²) in [6.07, 6.45) is 2.24. The van der Waals surface area contributed by atoms with E-state index in [9.17, 15) is 9.59 Å². The van der Waals surface area contributed by atoms with Gasteiger partial charge in [-0.25, -0.2) is 0 Å². The highest BCUT2D eigenvalue weighted by Gasteiger charge is 2.31.